The Balaban J connectivity index is 2.32. The van der Waals surface area contributed by atoms with Crippen molar-refractivity contribution in [3.05, 3.63) is 0 Å². The van der Waals surface area contributed by atoms with E-state index in [0.717, 1.165) is 31.9 Å². The highest BCUT2D eigenvalue weighted by molar-refractivity contribution is 8.00. The molecule has 1 N–H and O–H groups in total. The average molecular weight is 230 g/mol. The second kappa shape index (κ2) is 5.75. The standard InChI is InChI=1S/C11H22N2OS/c1-4-12-6-5-10(14)13-7-8-15-11(2,3)9-13/h12H,4-9H2,1-3H3. The minimum Gasteiger partial charge on any atom is -0.340 e. The van der Waals surface area contributed by atoms with Gasteiger partial charge in [0.1, 0.15) is 0 Å². The molecule has 0 aliphatic carbocycles. The van der Waals surface area contributed by atoms with E-state index in [-0.39, 0.29) is 4.75 Å². The van der Waals surface area contributed by atoms with E-state index in [1.807, 2.05) is 16.7 Å². The van der Waals surface area contributed by atoms with Crippen LogP contribution in [-0.2, 0) is 4.79 Å². The summed E-state index contributed by atoms with van der Waals surface area (Å²) in [5, 5.41) is 3.19. The molecule has 1 rings (SSSR count). The van der Waals surface area contributed by atoms with Crippen molar-refractivity contribution >= 4 is 17.7 Å². The van der Waals surface area contributed by atoms with Crippen LogP contribution in [0.3, 0.4) is 0 Å². The third-order valence-corrected chi connectivity index (χ3v) is 3.84. The number of nitrogens with zero attached hydrogens (tertiary/aromatic N) is 1. The first-order chi connectivity index (χ1) is 7.05. The molecule has 3 nitrogen and oxygen atoms in total. The Hall–Kier alpha value is -0.220. The molecule has 1 heterocycles. The van der Waals surface area contributed by atoms with Gasteiger partial charge in [0.25, 0.3) is 0 Å². The first kappa shape index (κ1) is 12.8. The number of hydrogen-bond acceptors (Lipinski definition) is 3. The van der Waals surface area contributed by atoms with Crippen molar-refractivity contribution in [2.75, 3.05) is 31.9 Å². The number of amides is 1. The highest BCUT2D eigenvalue weighted by atomic mass is 32.2. The van der Waals surface area contributed by atoms with Gasteiger partial charge < -0.3 is 10.2 Å². The van der Waals surface area contributed by atoms with Crippen molar-refractivity contribution in [1.29, 1.82) is 0 Å². The summed E-state index contributed by atoms with van der Waals surface area (Å²) in [4.78, 5) is 13.8. The van der Waals surface area contributed by atoms with Crippen molar-refractivity contribution in [1.82, 2.24) is 10.2 Å². The van der Waals surface area contributed by atoms with Crippen LogP contribution < -0.4 is 5.32 Å². The molecular weight excluding hydrogens is 208 g/mol. The molecule has 1 amide bonds. The molecule has 88 valence electrons. The Morgan fingerprint density at radius 2 is 2.27 bits per heavy atom. The fourth-order valence-electron chi connectivity index (χ4n) is 1.76. The van der Waals surface area contributed by atoms with E-state index in [0.29, 0.717) is 12.3 Å². The van der Waals surface area contributed by atoms with Crippen molar-refractivity contribution in [3.63, 3.8) is 0 Å². The summed E-state index contributed by atoms with van der Waals surface area (Å²) >= 11 is 1.96. The van der Waals surface area contributed by atoms with Crippen LogP contribution in [0.2, 0.25) is 0 Å². The largest absolute Gasteiger partial charge is 0.340 e. The lowest BCUT2D eigenvalue weighted by Gasteiger charge is -2.37. The summed E-state index contributed by atoms with van der Waals surface area (Å²) < 4.78 is 0.228. The van der Waals surface area contributed by atoms with Gasteiger partial charge in [-0.3, -0.25) is 4.79 Å². The lowest BCUT2D eigenvalue weighted by molar-refractivity contribution is -0.131. The van der Waals surface area contributed by atoms with Crippen LogP contribution in [0.1, 0.15) is 27.2 Å². The smallest absolute Gasteiger partial charge is 0.223 e. The molecule has 1 fully saturated rings. The highest BCUT2D eigenvalue weighted by Gasteiger charge is 2.29. The molecular formula is C11H22N2OS. The molecule has 0 aromatic rings. The number of thioether (sulfide) groups is 1. The lowest BCUT2D eigenvalue weighted by atomic mass is 10.1. The lowest BCUT2D eigenvalue weighted by Crippen LogP contribution is -2.46. The summed E-state index contributed by atoms with van der Waals surface area (Å²) in [7, 11) is 0. The maximum atomic E-state index is 11.8. The number of carbonyl (C=O) groups excluding carboxylic acids is 1. The van der Waals surface area contributed by atoms with E-state index in [2.05, 4.69) is 26.1 Å². The van der Waals surface area contributed by atoms with Gasteiger partial charge in [-0.05, 0) is 20.4 Å². The fraction of sp³-hybridized carbons (Fsp3) is 0.909. The summed E-state index contributed by atoms with van der Waals surface area (Å²) in [6.07, 6.45) is 0.634. The Labute approximate surface area is 97.0 Å². The van der Waals surface area contributed by atoms with Gasteiger partial charge in [-0.15, -0.1) is 0 Å². The number of nitrogens with one attached hydrogen (secondary N) is 1. The normalized spacial score (nSPS) is 20.3. The molecule has 0 aromatic heterocycles. The van der Waals surface area contributed by atoms with E-state index in [9.17, 15) is 4.79 Å². The van der Waals surface area contributed by atoms with Gasteiger partial charge in [-0.2, -0.15) is 11.8 Å². The van der Waals surface area contributed by atoms with Crippen LogP contribution in [0.4, 0.5) is 0 Å². The third-order valence-electron chi connectivity index (χ3n) is 2.54. The van der Waals surface area contributed by atoms with Gasteiger partial charge in [0, 0.05) is 36.6 Å². The zero-order valence-electron chi connectivity index (χ0n) is 10.0. The summed E-state index contributed by atoms with van der Waals surface area (Å²) in [5.41, 5.74) is 0. The van der Waals surface area contributed by atoms with Crippen molar-refractivity contribution in [2.24, 2.45) is 0 Å². The first-order valence-corrected chi connectivity index (χ1v) is 6.66. The molecule has 0 aromatic carbocycles. The monoisotopic (exact) mass is 230 g/mol. The fourth-order valence-corrected chi connectivity index (χ4v) is 2.87. The molecule has 15 heavy (non-hydrogen) atoms. The Morgan fingerprint density at radius 1 is 1.53 bits per heavy atom. The van der Waals surface area contributed by atoms with Gasteiger partial charge in [0.05, 0.1) is 0 Å². The van der Waals surface area contributed by atoms with E-state index in [4.69, 9.17) is 0 Å². The van der Waals surface area contributed by atoms with E-state index >= 15 is 0 Å². The molecule has 0 bridgehead atoms. The Morgan fingerprint density at radius 3 is 2.87 bits per heavy atom. The predicted molar refractivity (Wildman–Crippen MR) is 66.3 cm³/mol. The van der Waals surface area contributed by atoms with E-state index < -0.39 is 0 Å². The van der Waals surface area contributed by atoms with Crippen LogP contribution in [-0.4, -0.2) is 47.5 Å². The number of hydrogen-bond donors (Lipinski definition) is 1. The average Bonchev–Trinajstić information content (AvgIpc) is 2.16. The SMILES string of the molecule is CCNCCC(=O)N1CCSC(C)(C)C1. The molecule has 0 radical (unpaired) electrons. The Kier molecular flexibility index (Phi) is 4.93. The van der Waals surface area contributed by atoms with Gasteiger partial charge in [0.15, 0.2) is 0 Å². The molecule has 1 aliphatic rings. The van der Waals surface area contributed by atoms with Gasteiger partial charge in [-0.1, -0.05) is 6.92 Å². The molecule has 4 heteroatoms. The van der Waals surface area contributed by atoms with Crippen LogP contribution in [0.15, 0.2) is 0 Å². The molecule has 0 saturated carbocycles. The van der Waals surface area contributed by atoms with Crippen LogP contribution >= 0.6 is 11.8 Å². The van der Waals surface area contributed by atoms with Crippen LogP contribution in [0.25, 0.3) is 0 Å². The summed E-state index contributed by atoms with van der Waals surface area (Å²) in [6.45, 7) is 10.0. The van der Waals surface area contributed by atoms with Crippen molar-refractivity contribution in [3.8, 4) is 0 Å². The molecule has 0 unspecified atom stereocenters. The van der Waals surface area contributed by atoms with Crippen molar-refractivity contribution in [2.45, 2.75) is 31.9 Å². The van der Waals surface area contributed by atoms with E-state index in [1.54, 1.807) is 0 Å². The zero-order valence-corrected chi connectivity index (χ0v) is 10.8. The summed E-state index contributed by atoms with van der Waals surface area (Å²) in [6, 6.07) is 0. The minimum atomic E-state index is 0.228. The van der Waals surface area contributed by atoms with Crippen LogP contribution in [0.5, 0.6) is 0 Å². The van der Waals surface area contributed by atoms with Gasteiger partial charge in [0.2, 0.25) is 5.91 Å². The highest BCUT2D eigenvalue weighted by Crippen LogP contribution is 2.29. The third kappa shape index (κ3) is 4.43. The zero-order chi connectivity index (χ0) is 11.3. The topological polar surface area (TPSA) is 32.3 Å². The van der Waals surface area contributed by atoms with Crippen LogP contribution in [0, 0.1) is 0 Å². The summed E-state index contributed by atoms with van der Waals surface area (Å²) in [5.74, 6) is 1.37. The van der Waals surface area contributed by atoms with Gasteiger partial charge in [-0.25, -0.2) is 0 Å². The second-order valence-corrected chi connectivity index (χ2v) is 6.33. The predicted octanol–water partition coefficient (Wildman–Crippen LogP) is 1.34. The quantitative estimate of drug-likeness (QED) is 0.740. The maximum Gasteiger partial charge on any atom is 0.223 e. The van der Waals surface area contributed by atoms with Gasteiger partial charge >= 0.3 is 0 Å². The molecule has 1 saturated heterocycles. The number of carbonyl (C=O) groups is 1. The van der Waals surface area contributed by atoms with Crippen molar-refractivity contribution < 1.29 is 4.79 Å². The maximum absolute atomic E-state index is 11.8. The Bertz CT molecular complexity index is 219. The second-order valence-electron chi connectivity index (χ2n) is 4.53. The first-order valence-electron chi connectivity index (χ1n) is 5.67. The molecule has 1 aliphatic heterocycles. The molecule has 0 atom stereocenters. The number of rotatable bonds is 4. The minimum absolute atomic E-state index is 0.228. The molecule has 0 spiro atoms. The van der Waals surface area contributed by atoms with E-state index in [1.165, 1.54) is 0 Å².